The van der Waals surface area contributed by atoms with Gasteiger partial charge in [0.05, 0.1) is 19.4 Å². The van der Waals surface area contributed by atoms with Gasteiger partial charge in [-0.05, 0) is 84.6 Å². The Morgan fingerprint density at radius 2 is 1.05 bits per heavy atom. The van der Waals surface area contributed by atoms with E-state index in [4.69, 9.17) is 32.2 Å². The third-order valence-electron chi connectivity index (χ3n) is 6.47. The fourth-order valence-electron chi connectivity index (χ4n) is 4.77. The predicted molar refractivity (Wildman–Crippen MR) is 156 cm³/mol. The van der Waals surface area contributed by atoms with Crippen LogP contribution in [0.15, 0.2) is 84.9 Å². The number of hydrogen-bond acceptors (Lipinski definition) is 3. The highest BCUT2D eigenvalue weighted by Gasteiger charge is 2.24. The van der Waals surface area contributed by atoms with Crippen LogP contribution in [0.4, 0.5) is 0 Å². The molecule has 0 atom stereocenters. The van der Waals surface area contributed by atoms with Gasteiger partial charge in [-0.3, -0.25) is 4.57 Å². The molecule has 5 rings (SSSR count). The quantitative estimate of drug-likeness (QED) is 0.171. The highest BCUT2D eigenvalue weighted by molar-refractivity contribution is 7.53. The molecule has 0 radical (unpaired) electrons. The van der Waals surface area contributed by atoms with Crippen molar-refractivity contribution in [2.45, 2.75) is 20.4 Å². The van der Waals surface area contributed by atoms with E-state index < -0.39 is 7.60 Å². The molecule has 0 aliphatic carbocycles. The van der Waals surface area contributed by atoms with Crippen molar-refractivity contribution in [3.8, 4) is 22.3 Å². The number of hydrogen-bond donors (Lipinski definition) is 0. The normalized spacial score (nSPS) is 12.0. The minimum absolute atomic E-state index is 0.297. The van der Waals surface area contributed by atoms with Gasteiger partial charge in [0.15, 0.2) is 0 Å². The van der Waals surface area contributed by atoms with Gasteiger partial charge in [0.25, 0.3) is 0 Å². The van der Waals surface area contributed by atoms with Gasteiger partial charge < -0.3 is 13.6 Å². The summed E-state index contributed by atoms with van der Waals surface area (Å²) in [4.78, 5) is 0. The van der Waals surface area contributed by atoms with E-state index in [-0.39, 0.29) is 0 Å². The molecule has 7 heteroatoms. The van der Waals surface area contributed by atoms with Crippen LogP contribution < -0.4 is 0 Å². The van der Waals surface area contributed by atoms with Crippen LogP contribution in [-0.2, 0) is 20.2 Å². The molecule has 1 aromatic heterocycles. The number of fused-ring (bicyclic) bond motifs is 3. The number of rotatable bonds is 9. The van der Waals surface area contributed by atoms with Gasteiger partial charge >= 0.3 is 7.60 Å². The summed E-state index contributed by atoms with van der Waals surface area (Å²) in [5.74, 6) is 0. The lowest BCUT2D eigenvalue weighted by Crippen LogP contribution is -2.07. The average Bonchev–Trinajstić information content (AvgIpc) is 3.21. The summed E-state index contributed by atoms with van der Waals surface area (Å²) in [5.41, 5.74) is 6.54. The zero-order valence-electron chi connectivity index (χ0n) is 20.8. The van der Waals surface area contributed by atoms with Crippen LogP contribution in [0.1, 0.15) is 13.8 Å². The fraction of sp³-hybridized carbons (Fsp3) is 0.200. The fourth-order valence-corrected chi connectivity index (χ4v) is 6.59. The molecular formula is C30H28Cl2NO3P. The Balaban J connectivity index is 1.65. The first-order valence-corrected chi connectivity index (χ1v) is 14.8. The molecule has 4 aromatic carbocycles. The molecule has 5 aromatic rings. The van der Waals surface area contributed by atoms with Crippen LogP contribution in [0.5, 0.6) is 0 Å². The molecule has 0 bridgehead atoms. The van der Waals surface area contributed by atoms with Crippen LogP contribution in [0.2, 0.25) is 10.0 Å². The number of nitrogens with zero attached hydrogens (tertiary/aromatic N) is 1. The molecule has 0 fully saturated rings. The lowest BCUT2D eigenvalue weighted by atomic mass is 10.0. The third kappa shape index (κ3) is 5.50. The summed E-state index contributed by atoms with van der Waals surface area (Å²) in [6.45, 7) is 4.88. The summed E-state index contributed by atoms with van der Waals surface area (Å²) >= 11 is 12.2. The maximum absolute atomic E-state index is 13.2. The molecule has 37 heavy (non-hydrogen) atoms. The monoisotopic (exact) mass is 551 g/mol. The molecule has 0 unspecified atom stereocenters. The minimum Gasteiger partial charge on any atom is -0.340 e. The molecular weight excluding hydrogens is 524 g/mol. The lowest BCUT2D eigenvalue weighted by Gasteiger charge is -2.18. The third-order valence-corrected chi connectivity index (χ3v) is 9.02. The van der Waals surface area contributed by atoms with Crippen molar-refractivity contribution in [3.63, 3.8) is 0 Å². The minimum atomic E-state index is -3.19. The summed E-state index contributed by atoms with van der Waals surface area (Å²) in [5, 5.41) is 3.67. The van der Waals surface area contributed by atoms with E-state index in [1.165, 1.54) is 0 Å². The molecule has 0 saturated heterocycles. The largest absolute Gasteiger partial charge is 0.340 e. The van der Waals surface area contributed by atoms with Gasteiger partial charge in [0.1, 0.15) is 0 Å². The molecule has 1 heterocycles. The Morgan fingerprint density at radius 1 is 0.649 bits per heavy atom. The van der Waals surface area contributed by atoms with Gasteiger partial charge in [-0.2, -0.15) is 0 Å². The van der Waals surface area contributed by atoms with Crippen LogP contribution in [0.3, 0.4) is 0 Å². The van der Waals surface area contributed by atoms with Crippen LogP contribution in [0.25, 0.3) is 44.1 Å². The van der Waals surface area contributed by atoms with Gasteiger partial charge in [-0.1, -0.05) is 59.6 Å². The molecule has 190 valence electrons. The van der Waals surface area contributed by atoms with E-state index in [0.717, 1.165) is 44.1 Å². The van der Waals surface area contributed by atoms with Crippen molar-refractivity contribution in [1.82, 2.24) is 4.57 Å². The second-order valence-electron chi connectivity index (χ2n) is 8.80. The standard InChI is InChI=1S/C30H28Cl2NO3P/c1-3-35-37(34,36-4-2)18-17-33-29-15-9-23(21-5-11-25(31)12-6-21)19-27(29)28-20-24(10-16-30(28)33)22-7-13-26(32)14-8-22/h5-16,19-20H,3-4,17-18H2,1-2H3. The smallest absolute Gasteiger partial charge is 0.332 e. The Labute approximate surface area is 227 Å². The predicted octanol–water partition coefficient (Wildman–Crippen LogP) is 9.70. The van der Waals surface area contributed by atoms with Crippen molar-refractivity contribution in [2.24, 2.45) is 0 Å². The first kappa shape index (κ1) is 26.0. The zero-order valence-corrected chi connectivity index (χ0v) is 23.2. The van der Waals surface area contributed by atoms with Crippen LogP contribution in [0, 0.1) is 0 Å². The Kier molecular flexibility index (Phi) is 7.76. The maximum Gasteiger partial charge on any atom is 0.332 e. The van der Waals surface area contributed by atoms with Crippen molar-refractivity contribution in [3.05, 3.63) is 95.0 Å². The molecule has 0 spiro atoms. The SMILES string of the molecule is CCOP(=O)(CCn1c2ccc(-c3ccc(Cl)cc3)cc2c2cc(-c3ccc(Cl)cc3)ccc21)OCC. The summed E-state index contributed by atoms with van der Waals surface area (Å²) in [6, 6.07) is 28.7. The van der Waals surface area contributed by atoms with E-state index in [2.05, 4.69) is 41.0 Å². The zero-order chi connectivity index (χ0) is 26.0. The summed E-state index contributed by atoms with van der Waals surface area (Å²) in [6.07, 6.45) is 0.297. The second kappa shape index (κ2) is 11.0. The van der Waals surface area contributed by atoms with Crippen LogP contribution >= 0.6 is 30.8 Å². The molecule has 4 nitrogen and oxygen atoms in total. The Bertz CT molecular complexity index is 1480. The summed E-state index contributed by atoms with van der Waals surface area (Å²) in [7, 11) is -3.19. The van der Waals surface area contributed by atoms with Crippen molar-refractivity contribution in [2.75, 3.05) is 19.4 Å². The Morgan fingerprint density at radius 3 is 1.46 bits per heavy atom. The first-order chi connectivity index (χ1) is 17.9. The second-order valence-corrected chi connectivity index (χ2v) is 11.9. The molecule has 0 aliphatic heterocycles. The molecule has 0 N–H and O–H groups in total. The van der Waals surface area contributed by atoms with Crippen molar-refractivity contribution >= 4 is 52.6 Å². The van der Waals surface area contributed by atoms with Gasteiger partial charge in [0.2, 0.25) is 0 Å². The van der Waals surface area contributed by atoms with Gasteiger partial charge in [-0.15, -0.1) is 0 Å². The highest BCUT2D eigenvalue weighted by atomic mass is 35.5. The first-order valence-electron chi connectivity index (χ1n) is 12.4. The van der Waals surface area contributed by atoms with Gasteiger partial charge in [0, 0.05) is 38.4 Å². The molecule has 0 aliphatic rings. The lowest BCUT2D eigenvalue weighted by molar-refractivity contribution is 0.219. The molecule has 0 amide bonds. The highest BCUT2D eigenvalue weighted by Crippen LogP contribution is 2.48. The van der Waals surface area contributed by atoms with Gasteiger partial charge in [-0.25, -0.2) is 0 Å². The number of benzene rings is 4. The number of aromatic nitrogens is 1. The van der Waals surface area contributed by atoms with E-state index in [1.54, 1.807) is 0 Å². The average molecular weight is 552 g/mol. The Hall–Kier alpha value is -2.59. The van der Waals surface area contributed by atoms with E-state index in [9.17, 15) is 4.57 Å². The summed E-state index contributed by atoms with van der Waals surface area (Å²) < 4.78 is 26.6. The van der Waals surface area contributed by atoms with E-state index in [1.807, 2.05) is 62.4 Å². The number of aryl methyl sites for hydroxylation is 1. The van der Waals surface area contributed by atoms with Crippen molar-refractivity contribution < 1.29 is 13.6 Å². The van der Waals surface area contributed by atoms with E-state index >= 15 is 0 Å². The van der Waals surface area contributed by atoms with Crippen LogP contribution in [-0.4, -0.2) is 23.9 Å². The number of halogens is 2. The molecule has 0 saturated carbocycles. The van der Waals surface area contributed by atoms with E-state index in [0.29, 0.717) is 36.0 Å². The topological polar surface area (TPSA) is 40.5 Å². The van der Waals surface area contributed by atoms with Crippen molar-refractivity contribution in [1.29, 1.82) is 0 Å². The maximum atomic E-state index is 13.2.